The van der Waals surface area contributed by atoms with Crippen LogP contribution in [0.4, 0.5) is 0 Å². The Morgan fingerprint density at radius 2 is 1.64 bits per heavy atom. The van der Waals surface area contributed by atoms with Crippen LogP contribution in [0.15, 0.2) is 0 Å². The van der Waals surface area contributed by atoms with Gasteiger partial charge in [0, 0.05) is 18.6 Å². The molecule has 2 fully saturated rings. The third kappa shape index (κ3) is 1.32. The van der Waals surface area contributed by atoms with E-state index in [0.29, 0.717) is 16.4 Å². The first-order valence-corrected chi connectivity index (χ1v) is 5.92. The molecule has 0 aromatic heterocycles. The second kappa shape index (κ2) is 2.55. The molecule has 0 aromatic rings. The zero-order chi connectivity index (χ0) is 10.8. The van der Waals surface area contributed by atoms with E-state index in [1.807, 2.05) is 0 Å². The molecule has 2 aliphatic rings. The fourth-order valence-electron chi connectivity index (χ4n) is 3.15. The molecule has 14 heavy (non-hydrogen) atoms. The number of hydrogen-bond acceptors (Lipinski definition) is 1. The maximum absolute atomic E-state index is 2.67. The summed E-state index contributed by atoms with van der Waals surface area (Å²) in [6.45, 7) is 16.9. The summed E-state index contributed by atoms with van der Waals surface area (Å²) < 4.78 is 0. The van der Waals surface area contributed by atoms with Gasteiger partial charge in [0.25, 0.3) is 0 Å². The molecular formula is C13H25N. The number of rotatable bonds is 0. The predicted molar refractivity (Wildman–Crippen MR) is 61.3 cm³/mol. The average molecular weight is 195 g/mol. The van der Waals surface area contributed by atoms with Gasteiger partial charge in [-0.1, -0.05) is 20.8 Å². The highest BCUT2D eigenvalue weighted by atomic mass is 15.2. The van der Waals surface area contributed by atoms with E-state index >= 15 is 0 Å². The zero-order valence-electron chi connectivity index (χ0n) is 10.6. The Morgan fingerprint density at radius 1 is 1.07 bits per heavy atom. The molecule has 0 radical (unpaired) electrons. The van der Waals surface area contributed by atoms with E-state index in [4.69, 9.17) is 0 Å². The monoisotopic (exact) mass is 195 g/mol. The Morgan fingerprint density at radius 3 is 1.93 bits per heavy atom. The Balaban J connectivity index is 2.11. The molecule has 1 heterocycles. The molecule has 1 nitrogen and oxygen atoms in total. The van der Waals surface area contributed by atoms with Gasteiger partial charge >= 0.3 is 0 Å². The highest BCUT2D eigenvalue weighted by Crippen LogP contribution is 2.67. The van der Waals surface area contributed by atoms with E-state index in [0.717, 1.165) is 5.92 Å². The van der Waals surface area contributed by atoms with Gasteiger partial charge in [-0.3, -0.25) is 4.90 Å². The molecule has 1 heteroatoms. The van der Waals surface area contributed by atoms with Crippen LogP contribution in [0.25, 0.3) is 0 Å². The van der Waals surface area contributed by atoms with E-state index in [-0.39, 0.29) is 0 Å². The maximum Gasteiger partial charge on any atom is 0.0125 e. The van der Waals surface area contributed by atoms with E-state index < -0.39 is 0 Å². The number of hydrogen-bond donors (Lipinski definition) is 0. The molecule has 2 rings (SSSR count). The molecule has 1 saturated heterocycles. The van der Waals surface area contributed by atoms with E-state index in [2.05, 4.69) is 46.4 Å². The van der Waals surface area contributed by atoms with Crippen molar-refractivity contribution >= 4 is 0 Å². The predicted octanol–water partition coefficient (Wildman–Crippen LogP) is 3.15. The molecule has 0 spiro atoms. The molecule has 1 aliphatic heterocycles. The largest absolute Gasteiger partial charge is 0.298 e. The van der Waals surface area contributed by atoms with Gasteiger partial charge in [-0.25, -0.2) is 0 Å². The fourth-order valence-corrected chi connectivity index (χ4v) is 3.15. The van der Waals surface area contributed by atoms with Crippen molar-refractivity contribution in [2.24, 2.45) is 16.7 Å². The van der Waals surface area contributed by atoms with Crippen molar-refractivity contribution in [3.8, 4) is 0 Å². The molecule has 82 valence electrons. The minimum absolute atomic E-state index is 0.367. The number of piperidine rings is 1. The van der Waals surface area contributed by atoms with Gasteiger partial charge in [0.1, 0.15) is 0 Å². The van der Waals surface area contributed by atoms with Crippen molar-refractivity contribution in [2.75, 3.05) is 13.1 Å². The molecule has 0 bridgehead atoms. The smallest absolute Gasteiger partial charge is 0.0125 e. The minimum atomic E-state index is 0.367. The summed E-state index contributed by atoms with van der Waals surface area (Å²) in [4.78, 5) is 2.67. The summed E-state index contributed by atoms with van der Waals surface area (Å²) in [5, 5.41) is 0. The SMILES string of the molecule is CC(C)(C)N1CC2CC2(C(C)(C)C)C1. The van der Waals surface area contributed by atoms with Crippen LogP contribution < -0.4 is 0 Å². The lowest BCUT2D eigenvalue weighted by atomic mass is 9.77. The average Bonchev–Trinajstić information content (AvgIpc) is 2.52. The van der Waals surface area contributed by atoms with Crippen LogP contribution in [0.1, 0.15) is 48.0 Å². The molecule has 0 amide bonds. The van der Waals surface area contributed by atoms with Crippen LogP contribution >= 0.6 is 0 Å². The lowest BCUT2D eigenvalue weighted by Gasteiger charge is -2.37. The molecule has 0 aromatic carbocycles. The van der Waals surface area contributed by atoms with Gasteiger partial charge in [0.15, 0.2) is 0 Å². The standard InChI is InChI=1S/C13H25N/c1-11(2,3)13-7-10(13)8-14(9-13)12(4,5)6/h10H,7-9H2,1-6H3. The van der Waals surface area contributed by atoms with Crippen LogP contribution in [-0.4, -0.2) is 23.5 Å². The van der Waals surface area contributed by atoms with Gasteiger partial charge in [0.2, 0.25) is 0 Å². The molecule has 1 saturated carbocycles. The molecule has 1 aliphatic carbocycles. The number of nitrogens with zero attached hydrogens (tertiary/aromatic N) is 1. The summed E-state index contributed by atoms with van der Waals surface area (Å²) in [5.74, 6) is 0.988. The van der Waals surface area contributed by atoms with Gasteiger partial charge in [-0.05, 0) is 43.9 Å². The van der Waals surface area contributed by atoms with Gasteiger partial charge in [-0.15, -0.1) is 0 Å². The normalized spacial score (nSPS) is 38.6. The van der Waals surface area contributed by atoms with E-state index in [1.54, 1.807) is 0 Å². The Bertz CT molecular complexity index is 243. The highest BCUT2D eigenvalue weighted by Gasteiger charge is 2.65. The fraction of sp³-hybridized carbons (Fsp3) is 1.00. The summed E-state index contributed by atoms with van der Waals surface area (Å²) in [5.41, 5.74) is 1.52. The Kier molecular flexibility index (Phi) is 1.91. The van der Waals surface area contributed by atoms with Gasteiger partial charge in [0.05, 0.1) is 0 Å². The third-order valence-corrected chi connectivity index (χ3v) is 4.59. The van der Waals surface area contributed by atoms with E-state index in [9.17, 15) is 0 Å². The van der Waals surface area contributed by atoms with Crippen LogP contribution in [0.3, 0.4) is 0 Å². The zero-order valence-corrected chi connectivity index (χ0v) is 10.6. The first-order chi connectivity index (χ1) is 6.17. The van der Waals surface area contributed by atoms with Gasteiger partial charge < -0.3 is 0 Å². The summed E-state index contributed by atoms with van der Waals surface area (Å²) in [7, 11) is 0. The lowest BCUT2D eigenvalue weighted by Crippen LogP contribution is -2.43. The first kappa shape index (κ1) is 10.5. The number of fused-ring (bicyclic) bond motifs is 1. The number of likely N-dealkylation sites (tertiary alicyclic amines) is 1. The Labute approximate surface area is 88.9 Å². The summed E-state index contributed by atoms with van der Waals surface area (Å²) in [6.07, 6.45) is 1.48. The van der Waals surface area contributed by atoms with Crippen molar-refractivity contribution in [1.82, 2.24) is 4.90 Å². The topological polar surface area (TPSA) is 3.24 Å². The molecular weight excluding hydrogens is 170 g/mol. The van der Waals surface area contributed by atoms with Crippen molar-refractivity contribution < 1.29 is 0 Å². The van der Waals surface area contributed by atoms with Crippen LogP contribution in [-0.2, 0) is 0 Å². The Hall–Kier alpha value is -0.0400. The van der Waals surface area contributed by atoms with Crippen LogP contribution in [0, 0.1) is 16.7 Å². The third-order valence-electron chi connectivity index (χ3n) is 4.59. The maximum atomic E-state index is 2.67. The second-order valence-electron chi connectivity index (χ2n) is 7.36. The molecule has 2 unspecified atom stereocenters. The second-order valence-corrected chi connectivity index (χ2v) is 7.36. The summed E-state index contributed by atoms with van der Waals surface area (Å²) >= 11 is 0. The van der Waals surface area contributed by atoms with E-state index in [1.165, 1.54) is 19.5 Å². The van der Waals surface area contributed by atoms with Crippen molar-refractivity contribution in [3.05, 3.63) is 0 Å². The van der Waals surface area contributed by atoms with Crippen LogP contribution in [0.2, 0.25) is 0 Å². The lowest BCUT2D eigenvalue weighted by molar-refractivity contribution is 0.111. The molecule has 2 atom stereocenters. The van der Waals surface area contributed by atoms with Crippen molar-refractivity contribution in [3.63, 3.8) is 0 Å². The van der Waals surface area contributed by atoms with Crippen molar-refractivity contribution in [2.45, 2.75) is 53.5 Å². The minimum Gasteiger partial charge on any atom is -0.298 e. The first-order valence-electron chi connectivity index (χ1n) is 5.92. The van der Waals surface area contributed by atoms with Crippen molar-refractivity contribution in [1.29, 1.82) is 0 Å². The molecule has 0 N–H and O–H groups in total. The summed E-state index contributed by atoms with van der Waals surface area (Å²) in [6, 6.07) is 0. The highest BCUT2D eigenvalue weighted by molar-refractivity contribution is 5.16. The quantitative estimate of drug-likeness (QED) is 0.574. The van der Waals surface area contributed by atoms with Gasteiger partial charge in [-0.2, -0.15) is 0 Å². The van der Waals surface area contributed by atoms with Crippen LogP contribution in [0.5, 0.6) is 0 Å².